The fraction of sp³-hybridized carbons (Fsp3) is 0.364. The van der Waals surface area contributed by atoms with Crippen LogP contribution in [0.3, 0.4) is 0 Å². The van der Waals surface area contributed by atoms with Crippen LogP contribution < -0.4 is 14.8 Å². The molecule has 30 heavy (non-hydrogen) atoms. The third-order valence-corrected chi connectivity index (χ3v) is 4.22. The molecule has 0 bridgehead atoms. The molecule has 2 rings (SSSR count). The lowest BCUT2D eigenvalue weighted by Crippen LogP contribution is -2.22. The molecule has 6 nitrogen and oxygen atoms in total. The molecule has 0 saturated heterocycles. The van der Waals surface area contributed by atoms with Crippen molar-refractivity contribution >= 4 is 17.6 Å². The van der Waals surface area contributed by atoms with Crippen LogP contribution in [-0.2, 0) is 9.53 Å². The van der Waals surface area contributed by atoms with Gasteiger partial charge in [-0.25, -0.2) is 4.79 Å². The highest BCUT2D eigenvalue weighted by Gasteiger charge is 2.17. The predicted octanol–water partition coefficient (Wildman–Crippen LogP) is 4.91. The molecular weight excluding hydrogens is 396 g/mol. The Bertz CT molecular complexity index is 899. The standard InChI is InChI=1S/C22H25F2NO5/c1-5-28-18-11-15(9-10-17(18)30-22(23)24)21(27)29-12-19(26)25-20-14(4)7-6-8-16(20)13(2)3/h6-11,13,22H,5,12H2,1-4H3,(H,25,26). The van der Waals surface area contributed by atoms with Crippen molar-refractivity contribution in [1.29, 1.82) is 0 Å². The molecule has 0 spiro atoms. The van der Waals surface area contributed by atoms with Crippen LogP contribution in [0.4, 0.5) is 14.5 Å². The summed E-state index contributed by atoms with van der Waals surface area (Å²) in [5.41, 5.74) is 2.62. The van der Waals surface area contributed by atoms with E-state index in [1.54, 1.807) is 6.92 Å². The first-order valence-corrected chi connectivity index (χ1v) is 9.51. The Kier molecular flexibility index (Phi) is 8.15. The van der Waals surface area contributed by atoms with E-state index >= 15 is 0 Å². The number of halogens is 2. The molecule has 0 aliphatic heterocycles. The number of hydrogen-bond donors (Lipinski definition) is 1. The van der Waals surface area contributed by atoms with Gasteiger partial charge in [0.05, 0.1) is 12.2 Å². The maximum atomic E-state index is 12.5. The van der Waals surface area contributed by atoms with Crippen molar-refractivity contribution in [1.82, 2.24) is 0 Å². The maximum Gasteiger partial charge on any atom is 0.387 e. The number of amides is 1. The van der Waals surface area contributed by atoms with Gasteiger partial charge < -0.3 is 19.5 Å². The number of anilines is 1. The maximum absolute atomic E-state index is 12.5. The van der Waals surface area contributed by atoms with Crippen molar-refractivity contribution in [3.05, 3.63) is 53.1 Å². The lowest BCUT2D eigenvalue weighted by atomic mass is 9.98. The summed E-state index contributed by atoms with van der Waals surface area (Å²) >= 11 is 0. The number of carbonyl (C=O) groups is 2. The summed E-state index contributed by atoms with van der Waals surface area (Å²) in [7, 11) is 0. The van der Waals surface area contributed by atoms with Gasteiger partial charge >= 0.3 is 12.6 Å². The Labute approximate surface area is 174 Å². The van der Waals surface area contributed by atoms with Gasteiger partial charge in [0.25, 0.3) is 5.91 Å². The third kappa shape index (κ3) is 6.17. The van der Waals surface area contributed by atoms with Crippen molar-refractivity contribution < 1.29 is 32.6 Å². The molecule has 0 aromatic heterocycles. The zero-order valence-electron chi connectivity index (χ0n) is 17.3. The van der Waals surface area contributed by atoms with Crippen LogP contribution in [0.5, 0.6) is 11.5 Å². The molecule has 0 fully saturated rings. The van der Waals surface area contributed by atoms with Crippen molar-refractivity contribution in [3.63, 3.8) is 0 Å². The molecule has 0 atom stereocenters. The van der Waals surface area contributed by atoms with Gasteiger partial charge in [0, 0.05) is 5.69 Å². The lowest BCUT2D eigenvalue weighted by Gasteiger charge is -2.16. The number of para-hydroxylation sites is 1. The highest BCUT2D eigenvalue weighted by atomic mass is 19.3. The van der Waals surface area contributed by atoms with Crippen molar-refractivity contribution in [3.8, 4) is 11.5 Å². The first-order valence-electron chi connectivity index (χ1n) is 9.51. The second kappa shape index (κ2) is 10.6. The molecule has 162 valence electrons. The molecule has 1 N–H and O–H groups in total. The average Bonchev–Trinajstić information content (AvgIpc) is 2.68. The molecule has 2 aromatic carbocycles. The Morgan fingerprint density at radius 3 is 2.47 bits per heavy atom. The van der Waals surface area contributed by atoms with Gasteiger partial charge in [-0.1, -0.05) is 32.0 Å². The highest BCUT2D eigenvalue weighted by molar-refractivity contribution is 5.96. The zero-order valence-corrected chi connectivity index (χ0v) is 17.3. The molecule has 0 unspecified atom stereocenters. The Morgan fingerprint density at radius 1 is 1.10 bits per heavy atom. The summed E-state index contributed by atoms with van der Waals surface area (Å²) in [5.74, 6) is -1.28. The normalized spacial score (nSPS) is 10.8. The van der Waals surface area contributed by atoms with E-state index in [2.05, 4.69) is 10.1 Å². The van der Waals surface area contributed by atoms with E-state index in [0.717, 1.165) is 11.1 Å². The van der Waals surface area contributed by atoms with E-state index in [0.29, 0.717) is 5.69 Å². The molecule has 0 aliphatic carbocycles. The Morgan fingerprint density at radius 2 is 1.83 bits per heavy atom. The largest absolute Gasteiger partial charge is 0.490 e. The number of benzene rings is 2. The highest BCUT2D eigenvalue weighted by Crippen LogP contribution is 2.30. The van der Waals surface area contributed by atoms with E-state index in [9.17, 15) is 18.4 Å². The average molecular weight is 421 g/mol. The topological polar surface area (TPSA) is 73.9 Å². The minimum Gasteiger partial charge on any atom is -0.490 e. The first-order chi connectivity index (χ1) is 14.2. The fourth-order valence-corrected chi connectivity index (χ4v) is 2.83. The van der Waals surface area contributed by atoms with Crippen molar-refractivity contribution in [2.24, 2.45) is 0 Å². The number of carbonyl (C=O) groups excluding carboxylic acids is 2. The van der Waals surface area contributed by atoms with Gasteiger partial charge in [-0.2, -0.15) is 8.78 Å². The SMILES string of the molecule is CCOc1cc(C(=O)OCC(=O)Nc2c(C)cccc2C(C)C)ccc1OC(F)F. The molecule has 0 saturated carbocycles. The van der Waals surface area contributed by atoms with Crippen LogP contribution in [0, 0.1) is 6.92 Å². The molecule has 0 aliphatic rings. The summed E-state index contributed by atoms with van der Waals surface area (Å²) in [6.07, 6.45) is 0. The van der Waals surface area contributed by atoms with Crippen LogP contribution in [0.1, 0.15) is 48.2 Å². The summed E-state index contributed by atoms with van der Waals surface area (Å²) in [5, 5.41) is 2.79. The molecule has 0 heterocycles. The van der Waals surface area contributed by atoms with E-state index in [1.165, 1.54) is 18.2 Å². The number of aryl methyl sites for hydroxylation is 1. The second-order valence-electron chi connectivity index (χ2n) is 6.79. The minimum atomic E-state index is -3.03. The van der Waals surface area contributed by atoms with E-state index in [1.807, 2.05) is 39.0 Å². The van der Waals surface area contributed by atoms with Gasteiger partial charge in [0.1, 0.15) is 0 Å². The minimum absolute atomic E-state index is 0.0156. The number of rotatable bonds is 9. The van der Waals surface area contributed by atoms with Gasteiger partial charge in [-0.3, -0.25) is 4.79 Å². The van der Waals surface area contributed by atoms with Crippen molar-refractivity contribution in [2.45, 2.75) is 40.2 Å². The lowest BCUT2D eigenvalue weighted by molar-refractivity contribution is -0.119. The third-order valence-electron chi connectivity index (χ3n) is 4.22. The Hall–Kier alpha value is -3.16. The predicted molar refractivity (Wildman–Crippen MR) is 108 cm³/mol. The quantitative estimate of drug-likeness (QED) is 0.582. The summed E-state index contributed by atoms with van der Waals surface area (Å²) in [6, 6.07) is 9.41. The number of alkyl halides is 2. The van der Waals surface area contributed by atoms with Gasteiger partial charge in [0.15, 0.2) is 18.1 Å². The van der Waals surface area contributed by atoms with Crippen molar-refractivity contribution in [2.75, 3.05) is 18.5 Å². The zero-order chi connectivity index (χ0) is 22.3. The number of ether oxygens (including phenoxy) is 3. The second-order valence-corrected chi connectivity index (χ2v) is 6.79. The first kappa shape index (κ1) is 23.1. The van der Waals surface area contributed by atoms with Crippen LogP contribution in [0.15, 0.2) is 36.4 Å². The summed E-state index contributed by atoms with van der Waals surface area (Å²) in [6.45, 7) is 4.25. The van der Waals surface area contributed by atoms with E-state index < -0.39 is 25.1 Å². The summed E-state index contributed by atoms with van der Waals surface area (Å²) < 4.78 is 39.6. The van der Waals surface area contributed by atoms with Gasteiger partial charge in [-0.05, 0) is 49.1 Å². The van der Waals surface area contributed by atoms with Crippen LogP contribution in [-0.4, -0.2) is 31.7 Å². The van der Waals surface area contributed by atoms with E-state index in [4.69, 9.17) is 9.47 Å². The molecule has 2 aromatic rings. The van der Waals surface area contributed by atoms with E-state index in [-0.39, 0.29) is 29.6 Å². The van der Waals surface area contributed by atoms with Crippen LogP contribution in [0.25, 0.3) is 0 Å². The molecule has 8 heteroatoms. The monoisotopic (exact) mass is 421 g/mol. The Balaban J connectivity index is 2.05. The number of hydrogen-bond acceptors (Lipinski definition) is 5. The number of esters is 1. The molecule has 0 radical (unpaired) electrons. The van der Waals surface area contributed by atoms with Crippen LogP contribution >= 0.6 is 0 Å². The van der Waals surface area contributed by atoms with Crippen LogP contribution in [0.2, 0.25) is 0 Å². The van der Waals surface area contributed by atoms with Gasteiger partial charge in [-0.15, -0.1) is 0 Å². The van der Waals surface area contributed by atoms with Gasteiger partial charge in [0.2, 0.25) is 0 Å². The molecule has 1 amide bonds. The summed E-state index contributed by atoms with van der Waals surface area (Å²) in [4.78, 5) is 24.6. The molecular formula is C22H25F2NO5. The fourth-order valence-electron chi connectivity index (χ4n) is 2.83. The smallest absolute Gasteiger partial charge is 0.387 e. The number of nitrogens with one attached hydrogen (secondary N) is 1.